The van der Waals surface area contributed by atoms with E-state index in [0.29, 0.717) is 12.2 Å². The van der Waals surface area contributed by atoms with Gasteiger partial charge in [-0.2, -0.15) is 0 Å². The molecule has 17 heavy (non-hydrogen) atoms. The summed E-state index contributed by atoms with van der Waals surface area (Å²) in [4.78, 5) is 10.8. The van der Waals surface area contributed by atoms with E-state index in [1.807, 2.05) is 26.8 Å². The summed E-state index contributed by atoms with van der Waals surface area (Å²) in [6.07, 6.45) is 0.944. The van der Waals surface area contributed by atoms with Crippen LogP contribution in [0, 0.1) is 6.92 Å². The van der Waals surface area contributed by atoms with Crippen LogP contribution in [0.4, 0.5) is 0 Å². The smallest absolute Gasteiger partial charge is 0.335 e. The Morgan fingerprint density at radius 3 is 2.53 bits per heavy atom. The molecule has 0 unspecified atom stereocenters. The predicted molar refractivity (Wildman–Crippen MR) is 67.3 cm³/mol. The third-order valence-corrected chi connectivity index (χ3v) is 3.06. The lowest BCUT2D eigenvalue weighted by Crippen LogP contribution is -2.22. The highest BCUT2D eigenvalue weighted by atomic mass is 16.5. The van der Waals surface area contributed by atoms with Gasteiger partial charge in [0.05, 0.1) is 17.8 Å². The third kappa shape index (κ3) is 3.86. The third-order valence-electron chi connectivity index (χ3n) is 3.06. The summed E-state index contributed by atoms with van der Waals surface area (Å²) in [5.41, 5.74) is 2.17. The van der Waals surface area contributed by atoms with Crippen LogP contribution in [-0.2, 0) is 11.3 Å². The second kappa shape index (κ2) is 5.32. The first kappa shape index (κ1) is 13.7. The molecule has 3 nitrogen and oxygen atoms in total. The molecular formula is C14H20O3. The van der Waals surface area contributed by atoms with Crippen molar-refractivity contribution in [3.8, 4) is 0 Å². The van der Waals surface area contributed by atoms with E-state index in [0.717, 1.165) is 17.5 Å². The fourth-order valence-electron chi connectivity index (χ4n) is 1.37. The topological polar surface area (TPSA) is 46.5 Å². The SMILES string of the molecule is CCC(C)(C)OCc1ccc(C(=O)O)cc1C. The van der Waals surface area contributed by atoms with E-state index in [9.17, 15) is 4.79 Å². The maximum atomic E-state index is 10.8. The number of aryl methyl sites for hydroxylation is 1. The molecule has 0 aliphatic rings. The molecule has 3 heteroatoms. The van der Waals surface area contributed by atoms with Crippen LogP contribution < -0.4 is 0 Å². The molecule has 1 aromatic carbocycles. The molecule has 0 saturated carbocycles. The van der Waals surface area contributed by atoms with Gasteiger partial charge in [-0.15, -0.1) is 0 Å². The van der Waals surface area contributed by atoms with Crippen LogP contribution >= 0.6 is 0 Å². The standard InChI is InChI=1S/C14H20O3/c1-5-14(3,4)17-9-12-7-6-11(13(15)16)8-10(12)2/h6-8H,5,9H2,1-4H3,(H,15,16). The number of carboxylic acids is 1. The molecule has 0 atom stereocenters. The molecule has 0 heterocycles. The van der Waals surface area contributed by atoms with E-state index in [4.69, 9.17) is 9.84 Å². The Kier molecular flexibility index (Phi) is 4.29. The molecule has 0 amide bonds. The van der Waals surface area contributed by atoms with Gasteiger partial charge in [0.1, 0.15) is 0 Å². The summed E-state index contributed by atoms with van der Waals surface area (Å²) >= 11 is 0. The molecule has 0 radical (unpaired) electrons. The van der Waals surface area contributed by atoms with Crippen molar-refractivity contribution >= 4 is 5.97 Å². The summed E-state index contributed by atoms with van der Waals surface area (Å²) in [7, 11) is 0. The summed E-state index contributed by atoms with van der Waals surface area (Å²) in [5, 5.41) is 8.87. The van der Waals surface area contributed by atoms with Crippen molar-refractivity contribution in [2.45, 2.75) is 46.3 Å². The number of carboxylic acid groups (broad SMARTS) is 1. The average molecular weight is 236 g/mol. The number of ether oxygens (including phenoxy) is 1. The lowest BCUT2D eigenvalue weighted by atomic mass is 10.0. The van der Waals surface area contributed by atoms with Crippen molar-refractivity contribution in [2.75, 3.05) is 0 Å². The maximum Gasteiger partial charge on any atom is 0.335 e. The van der Waals surface area contributed by atoms with Gasteiger partial charge in [0, 0.05) is 0 Å². The molecule has 0 saturated heterocycles. The van der Waals surface area contributed by atoms with E-state index in [1.165, 1.54) is 0 Å². The van der Waals surface area contributed by atoms with Crippen LogP contribution in [0.5, 0.6) is 0 Å². The van der Waals surface area contributed by atoms with Crippen molar-refractivity contribution in [1.82, 2.24) is 0 Å². The van der Waals surface area contributed by atoms with E-state index in [-0.39, 0.29) is 5.60 Å². The van der Waals surface area contributed by atoms with Gasteiger partial charge < -0.3 is 9.84 Å². The van der Waals surface area contributed by atoms with E-state index < -0.39 is 5.97 Å². The average Bonchev–Trinajstić information content (AvgIpc) is 2.27. The van der Waals surface area contributed by atoms with Gasteiger partial charge in [-0.25, -0.2) is 4.79 Å². The van der Waals surface area contributed by atoms with Crippen molar-refractivity contribution < 1.29 is 14.6 Å². The lowest BCUT2D eigenvalue weighted by molar-refractivity contribution is -0.0318. The summed E-state index contributed by atoms with van der Waals surface area (Å²) in [6.45, 7) is 8.61. The van der Waals surface area contributed by atoms with Gasteiger partial charge in [0.25, 0.3) is 0 Å². The van der Waals surface area contributed by atoms with E-state index in [2.05, 4.69) is 6.92 Å². The van der Waals surface area contributed by atoms with Crippen molar-refractivity contribution in [3.63, 3.8) is 0 Å². The van der Waals surface area contributed by atoms with Crippen LogP contribution in [-0.4, -0.2) is 16.7 Å². The Morgan fingerprint density at radius 2 is 2.06 bits per heavy atom. The minimum atomic E-state index is -0.894. The Balaban J connectivity index is 2.77. The van der Waals surface area contributed by atoms with Gasteiger partial charge in [0.15, 0.2) is 0 Å². The highest BCUT2D eigenvalue weighted by molar-refractivity contribution is 5.87. The number of carbonyl (C=O) groups is 1. The molecule has 1 rings (SSSR count). The zero-order valence-electron chi connectivity index (χ0n) is 10.9. The second-order valence-corrected chi connectivity index (χ2v) is 4.85. The first-order valence-electron chi connectivity index (χ1n) is 5.82. The first-order valence-corrected chi connectivity index (χ1v) is 5.82. The highest BCUT2D eigenvalue weighted by Crippen LogP contribution is 2.19. The number of hydrogen-bond donors (Lipinski definition) is 1. The lowest BCUT2D eigenvalue weighted by Gasteiger charge is -2.24. The summed E-state index contributed by atoms with van der Waals surface area (Å²) in [5.74, 6) is -0.894. The molecule has 1 N–H and O–H groups in total. The van der Waals surface area contributed by atoms with Gasteiger partial charge >= 0.3 is 5.97 Å². The molecule has 0 aliphatic carbocycles. The number of rotatable bonds is 5. The van der Waals surface area contributed by atoms with Crippen LogP contribution in [0.15, 0.2) is 18.2 Å². The maximum absolute atomic E-state index is 10.8. The van der Waals surface area contributed by atoms with Gasteiger partial charge in [-0.05, 0) is 50.5 Å². The summed E-state index contributed by atoms with van der Waals surface area (Å²) in [6, 6.07) is 5.12. The zero-order chi connectivity index (χ0) is 13.1. The molecule has 1 aromatic rings. The Morgan fingerprint density at radius 1 is 1.41 bits per heavy atom. The Hall–Kier alpha value is -1.35. The van der Waals surface area contributed by atoms with Crippen molar-refractivity contribution in [2.24, 2.45) is 0 Å². The number of aromatic carboxylic acids is 1. The van der Waals surface area contributed by atoms with Crippen LogP contribution in [0.25, 0.3) is 0 Å². The number of hydrogen-bond acceptors (Lipinski definition) is 2. The first-order chi connectivity index (χ1) is 7.85. The minimum Gasteiger partial charge on any atom is -0.478 e. The zero-order valence-corrected chi connectivity index (χ0v) is 10.9. The number of benzene rings is 1. The van der Waals surface area contributed by atoms with Gasteiger partial charge in [-0.1, -0.05) is 13.0 Å². The van der Waals surface area contributed by atoms with Gasteiger partial charge in [-0.3, -0.25) is 0 Å². The van der Waals surface area contributed by atoms with Crippen LogP contribution in [0.3, 0.4) is 0 Å². The normalized spacial score (nSPS) is 11.5. The summed E-state index contributed by atoms with van der Waals surface area (Å²) < 4.78 is 5.80. The van der Waals surface area contributed by atoms with E-state index in [1.54, 1.807) is 12.1 Å². The predicted octanol–water partition coefficient (Wildman–Crippen LogP) is 3.40. The molecule has 0 spiro atoms. The molecule has 0 aliphatic heterocycles. The quantitative estimate of drug-likeness (QED) is 0.852. The fraction of sp³-hybridized carbons (Fsp3) is 0.500. The van der Waals surface area contributed by atoms with Crippen LogP contribution in [0.2, 0.25) is 0 Å². The Bertz CT molecular complexity index is 408. The molecule has 0 bridgehead atoms. The molecule has 94 valence electrons. The molecule has 0 aromatic heterocycles. The minimum absolute atomic E-state index is 0.141. The largest absolute Gasteiger partial charge is 0.478 e. The molecule has 0 fully saturated rings. The second-order valence-electron chi connectivity index (χ2n) is 4.85. The van der Waals surface area contributed by atoms with Gasteiger partial charge in [0.2, 0.25) is 0 Å². The monoisotopic (exact) mass is 236 g/mol. The Labute approximate surface area is 102 Å². The van der Waals surface area contributed by atoms with Crippen LogP contribution in [0.1, 0.15) is 48.7 Å². The highest BCUT2D eigenvalue weighted by Gasteiger charge is 2.16. The molecular weight excluding hydrogens is 216 g/mol. The van der Waals surface area contributed by atoms with Crippen molar-refractivity contribution in [3.05, 3.63) is 34.9 Å². The fourth-order valence-corrected chi connectivity index (χ4v) is 1.37. The van der Waals surface area contributed by atoms with Crippen molar-refractivity contribution in [1.29, 1.82) is 0 Å². The van der Waals surface area contributed by atoms with E-state index >= 15 is 0 Å².